The van der Waals surface area contributed by atoms with Crippen molar-refractivity contribution in [1.82, 2.24) is 19.9 Å². The zero-order valence-electron chi connectivity index (χ0n) is 33.9. The van der Waals surface area contributed by atoms with Gasteiger partial charge in [-0.05, 0) is 110 Å². The number of carbonyl (C=O) groups excluding carboxylic acids is 1. The number of fused-ring (bicyclic) bond motifs is 9. The average molecular weight is 779 g/mol. The number of benzene rings is 5. The highest BCUT2D eigenvalue weighted by atomic mass is 16.5. The van der Waals surface area contributed by atoms with Crippen LogP contribution in [-0.2, 0) is 4.74 Å². The average Bonchev–Trinajstić information content (AvgIpc) is 4.11. The molecule has 290 valence electrons. The van der Waals surface area contributed by atoms with E-state index in [9.17, 15) is 4.79 Å². The minimum Gasteiger partial charge on any atom is -0.462 e. The van der Waals surface area contributed by atoms with E-state index in [4.69, 9.17) is 14.7 Å². The first-order valence-electron chi connectivity index (χ1n) is 20.4. The fourth-order valence-corrected chi connectivity index (χ4v) is 8.49. The highest BCUT2D eigenvalue weighted by Crippen LogP contribution is 2.41. The van der Waals surface area contributed by atoms with Crippen molar-refractivity contribution in [3.05, 3.63) is 178 Å². The van der Waals surface area contributed by atoms with Crippen molar-refractivity contribution in [2.24, 2.45) is 0 Å². The fourth-order valence-electron chi connectivity index (χ4n) is 8.49. The van der Waals surface area contributed by atoms with Crippen molar-refractivity contribution in [1.29, 1.82) is 0 Å². The largest absolute Gasteiger partial charge is 0.462 e. The number of aromatic nitrogens is 4. The summed E-state index contributed by atoms with van der Waals surface area (Å²) in [4.78, 5) is 32.2. The standard InChI is InChI=1S/C54H42N4O2/c1-5-60-54(59)40-11-7-9-35-8-6-10-39(49(35)40)53-47-30-28-45(57-47)51(37-20-14-33(3)15-21-37)43-26-24-41(55-43)50(36-18-12-32(2)13-19-36)42-25-27-44(56-42)52(46-29-31-48(53)58-46)38-22-16-34(4)17-23-38/h6-31,55,58H,5H2,1-4H3. The van der Waals surface area contributed by atoms with Gasteiger partial charge in [0, 0.05) is 49.7 Å². The molecule has 6 nitrogen and oxygen atoms in total. The summed E-state index contributed by atoms with van der Waals surface area (Å²) in [5.74, 6) is -0.361. The molecule has 0 radical (unpaired) electrons. The van der Waals surface area contributed by atoms with Crippen LogP contribution in [0.25, 0.3) is 102 Å². The maximum atomic E-state index is 13.6. The maximum Gasteiger partial charge on any atom is 0.338 e. The molecule has 2 aliphatic heterocycles. The second-order valence-electron chi connectivity index (χ2n) is 15.5. The summed E-state index contributed by atoms with van der Waals surface area (Å²) in [6, 6.07) is 46.4. The molecule has 0 saturated heterocycles. The molecule has 60 heavy (non-hydrogen) atoms. The van der Waals surface area contributed by atoms with Crippen molar-refractivity contribution < 1.29 is 9.53 Å². The number of hydrogen-bond donors (Lipinski definition) is 2. The Morgan fingerprint density at radius 1 is 0.483 bits per heavy atom. The number of nitrogens with one attached hydrogen (secondary N) is 2. The van der Waals surface area contributed by atoms with Crippen LogP contribution >= 0.6 is 0 Å². The first-order valence-corrected chi connectivity index (χ1v) is 20.4. The van der Waals surface area contributed by atoms with Crippen LogP contribution in [0.15, 0.2) is 133 Å². The molecule has 8 aromatic rings. The lowest BCUT2D eigenvalue weighted by Gasteiger charge is -2.13. The van der Waals surface area contributed by atoms with E-state index in [0.29, 0.717) is 5.56 Å². The molecule has 5 heterocycles. The smallest absolute Gasteiger partial charge is 0.338 e. The SMILES string of the molecule is CCOC(=O)c1cccc2cccc(-c3c4nc(c(-c5ccc(C)cc5)c5ccc([nH]5)c(-c5ccc(C)cc5)c5nc(c(-c6ccc(C)cc6)c6ccc3[nH]6)C=C5)C=C4)c12. The summed E-state index contributed by atoms with van der Waals surface area (Å²) < 4.78 is 5.62. The lowest BCUT2D eigenvalue weighted by atomic mass is 9.93. The predicted molar refractivity (Wildman–Crippen MR) is 248 cm³/mol. The van der Waals surface area contributed by atoms with Crippen LogP contribution in [0.5, 0.6) is 0 Å². The van der Waals surface area contributed by atoms with Crippen LogP contribution in [0.1, 0.15) is 56.7 Å². The van der Waals surface area contributed by atoms with Crippen LogP contribution < -0.4 is 0 Å². The van der Waals surface area contributed by atoms with Crippen LogP contribution in [0.3, 0.4) is 0 Å². The Morgan fingerprint density at radius 2 is 0.867 bits per heavy atom. The topological polar surface area (TPSA) is 83.7 Å². The normalized spacial score (nSPS) is 12.0. The van der Waals surface area contributed by atoms with Gasteiger partial charge in [-0.25, -0.2) is 14.8 Å². The third-order valence-corrected chi connectivity index (χ3v) is 11.4. The summed E-state index contributed by atoms with van der Waals surface area (Å²) in [6.07, 6.45) is 8.44. The van der Waals surface area contributed by atoms with Gasteiger partial charge in [0.25, 0.3) is 0 Å². The second kappa shape index (κ2) is 15.0. The summed E-state index contributed by atoms with van der Waals surface area (Å²) in [6.45, 7) is 8.42. The molecule has 0 amide bonds. The van der Waals surface area contributed by atoms with Gasteiger partial charge in [-0.2, -0.15) is 0 Å². The molecule has 5 aromatic carbocycles. The van der Waals surface area contributed by atoms with Crippen molar-refractivity contribution in [2.45, 2.75) is 27.7 Å². The quantitative estimate of drug-likeness (QED) is 0.165. The second-order valence-corrected chi connectivity index (χ2v) is 15.5. The zero-order valence-corrected chi connectivity index (χ0v) is 33.9. The van der Waals surface area contributed by atoms with E-state index in [1.807, 2.05) is 37.3 Å². The number of aryl methyl sites for hydroxylation is 3. The number of hydrogen-bond acceptors (Lipinski definition) is 4. The molecule has 0 unspecified atom stereocenters. The Balaban J connectivity index is 1.39. The molecule has 0 spiro atoms. The van der Waals surface area contributed by atoms with Crippen molar-refractivity contribution in [2.75, 3.05) is 6.61 Å². The van der Waals surface area contributed by atoms with Gasteiger partial charge in [0.1, 0.15) is 0 Å². The van der Waals surface area contributed by atoms with Gasteiger partial charge in [-0.15, -0.1) is 0 Å². The van der Waals surface area contributed by atoms with Crippen LogP contribution in [0.4, 0.5) is 0 Å². The van der Waals surface area contributed by atoms with E-state index >= 15 is 0 Å². The minimum absolute atomic E-state index is 0.277. The number of rotatable bonds is 6. The van der Waals surface area contributed by atoms with Gasteiger partial charge in [-0.1, -0.05) is 120 Å². The van der Waals surface area contributed by atoms with Crippen LogP contribution in [-0.4, -0.2) is 32.5 Å². The Bertz CT molecular complexity index is 3190. The van der Waals surface area contributed by atoms with E-state index in [0.717, 1.165) is 100 Å². The number of nitrogens with zero attached hydrogens (tertiary/aromatic N) is 2. The lowest BCUT2D eigenvalue weighted by molar-refractivity contribution is 0.0528. The van der Waals surface area contributed by atoms with Crippen molar-refractivity contribution in [3.63, 3.8) is 0 Å². The molecule has 2 N–H and O–H groups in total. The highest BCUT2D eigenvalue weighted by molar-refractivity contribution is 6.13. The predicted octanol–water partition coefficient (Wildman–Crippen LogP) is 13.6. The molecule has 8 bridgehead atoms. The molecule has 10 rings (SSSR count). The van der Waals surface area contributed by atoms with Gasteiger partial charge < -0.3 is 14.7 Å². The van der Waals surface area contributed by atoms with Gasteiger partial charge in [-0.3, -0.25) is 0 Å². The van der Waals surface area contributed by atoms with Gasteiger partial charge in [0.15, 0.2) is 0 Å². The monoisotopic (exact) mass is 778 g/mol. The van der Waals surface area contributed by atoms with Gasteiger partial charge in [0.05, 0.1) is 34.9 Å². The number of esters is 1. The van der Waals surface area contributed by atoms with Gasteiger partial charge in [0.2, 0.25) is 0 Å². The Kier molecular flexibility index (Phi) is 9.18. The molecular formula is C54H42N4O2. The van der Waals surface area contributed by atoms with E-state index in [2.05, 4.69) is 158 Å². The summed E-state index contributed by atoms with van der Waals surface area (Å²) >= 11 is 0. The van der Waals surface area contributed by atoms with E-state index in [1.54, 1.807) is 0 Å². The van der Waals surface area contributed by atoms with E-state index in [1.165, 1.54) is 16.7 Å². The zero-order chi connectivity index (χ0) is 40.9. The molecule has 6 heteroatoms. The minimum atomic E-state index is -0.361. The number of H-pyrrole nitrogens is 2. The summed E-state index contributed by atoms with van der Waals surface area (Å²) in [5.41, 5.74) is 18.9. The third-order valence-electron chi connectivity index (χ3n) is 11.4. The first kappa shape index (κ1) is 36.7. The van der Waals surface area contributed by atoms with Crippen LogP contribution in [0, 0.1) is 20.8 Å². The highest BCUT2D eigenvalue weighted by Gasteiger charge is 2.22. The van der Waals surface area contributed by atoms with E-state index < -0.39 is 0 Å². The Morgan fingerprint density at radius 3 is 1.28 bits per heavy atom. The molecule has 0 saturated carbocycles. The molecule has 0 atom stereocenters. The number of ether oxygens (including phenoxy) is 1. The van der Waals surface area contributed by atoms with Crippen molar-refractivity contribution in [3.8, 4) is 44.5 Å². The van der Waals surface area contributed by atoms with Gasteiger partial charge >= 0.3 is 5.97 Å². The first-order chi connectivity index (χ1) is 29.3. The lowest BCUT2D eigenvalue weighted by Crippen LogP contribution is -2.06. The molecule has 3 aromatic heterocycles. The molecule has 0 aliphatic carbocycles. The molecule has 2 aliphatic rings. The Labute approximate surface area is 348 Å². The Hall–Kier alpha value is -7.57. The van der Waals surface area contributed by atoms with E-state index in [-0.39, 0.29) is 12.6 Å². The maximum absolute atomic E-state index is 13.6. The number of aromatic amines is 2. The van der Waals surface area contributed by atoms with Crippen LogP contribution in [0.2, 0.25) is 0 Å². The number of carbonyl (C=O) groups is 1. The summed E-state index contributed by atoms with van der Waals surface area (Å²) in [7, 11) is 0. The molecule has 0 fully saturated rings. The molecular weight excluding hydrogens is 737 g/mol. The third kappa shape index (κ3) is 6.52. The van der Waals surface area contributed by atoms with Crippen molar-refractivity contribution >= 4 is 63.1 Å². The fraction of sp³-hybridized carbons (Fsp3) is 0.0926. The summed E-state index contributed by atoms with van der Waals surface area (Å²) in [5, 5.41) is 1.74.